The minimum Gasteiger partial charge on any atom is -0.456 e. The summed E-state index contributed by atoms with van der Waals surface area (Å²) >= 11 is 0. The molecule has 4 rings (SSSR count). The fourth-order valence-electron chi connectivity index (χ4n) is 3.18. The van der Waals surface area contributed by atoms with Gasteiger partial charge in [0.25, 0.3) is 0 Å². The molecule has 2 aromatic rings. The maximum Gasteiger partial charge on any atom is 0.199 e. The lowest BCUT2D eigenvalue weighted by Crippen LogP contribution is -2.09. The Kier molecular flexibility index (Phi) is 5.53. The highest BCUT2D eigenvalue weighted by molar-refractivity contribution is 6.02. The van der Waals surface area contributed by atoms with E-state index in [0.717, 1.165) is 28.2 Å². The van der Waals surface area contributed by atoms with Crippen molar-refractivity contribution in [3.05, 3.63) is 132 Å². The Morgan fingerprint density at radius 1 is 0.621 bits per heavy atom. The maximum atomic E-state index is 6.24. The molecule has 0 unspecified atom stereocenters. The van der Waals surface area contributed by atoms with Gasteiger partial charge < -0.3 is 4.74 Å². The molecule has 1 heterocycles. The highest BCUT2D eigenvalue weighted by Gasteiger charge is 2.14. The lowest BCUT2D eigenvalue weighted by atomic mass is 10.0. The highest BCUT2D eigenvalue weighted by atomic mass is 16.5. The Morgan fingerprint density at radius 2 is 1.10 bits per heavy atom. The molecular formula is C27H24NO+. The molecule has 2 nitrogen and oxygen atoms in total. The minimum absolute atomic E-state index is 0.856. The van der Waals surface area contributed by atoms with Crippen molar-refractivity contribution in [1.29, 1.82) is 0 Å². The molecule has 2 heteroatoms. The maximum absolute atomic E-state index is 6.24. The minimum atomic E-state index is 0.856. The van der Waals surface area contributed by atoms with Gasteiger partial charge in [-0.1, -0.05) is 72.8 Å². The smallest absolute Gasteiger partial charge is 0.199 e. The monoisotopic (exact) mass is 378 g/mol. The van der Waals surface area contributed by atoms with Gasteiger partial charge in [-0.15, -0.1) is 0 Å². The number of hydrogen-bond acceptors (Lipinski definition) is 1. The van der Waals surface area contributed by atoms with Crippen LogP contribution in [0.1, 0.15) is 11.1 Å². The van der Waals surface area contributed by atoms with Crippen LogP contribution in [0, 0.1) is 0 Å². The predicted molar refractivity (Wildman–Crippen MR) is 121 cm³/mol. The fraction of sp³-hybridized carbons (Fsp3) is 0.0741. The second kappa shape index (κ2) is 8.57. The number of ether oxygens (including phenoxy) is 1. The normalized spacial score (nSPS) is 15.4. The first kappa shape index (κ1) is 18.7. The van der Waals surface area contributed by atoms with Crippen LogP contribution >= 0.6 is 0 Å². The summed E-state index contributed by atoms with van der Waals surface area (Å²) in [5.74, 6) is 1.71. The van der Waals surface area contributed by atoms with Gasteiger partial charge in [0.15, 0.2) is 5.71 Å². The largest absolute Gasteiger partial charge is 0.456 e. The van der Waals surface area contributed by atoms with E-state index in [1.54, 1.807) is 0 Å². The van der Waals surface area contributed by atoms with E-state index in [0.29, 0.717) is 0 Å². The molecule has 1 aliphatic heterocycles. The van der Waals surface area contributed by atoms with Crippen LogP contribution in [0.25, 0.3) is 11.5 Å². The zero-order chi connectivity index (χ0) is 20.1. The Hall–Kier alpha value is -3.65. The van der Waals surface area contributed by atoms with Gasteiger partial charge in [-0.25, -0.2) is 4.58 Å². The zero-order valence-corrected chi connectivity index (χ0v) is 16.7. The van der Waals surface area contributed by atoms with E-state index >= 15 is 0 Å². The highest BCUT2D eigenvalue weighted by Crippen LogP contribution is 2.32. The predicted octanol–water partition coefficient (Wildman–Crippen LogP) is 5.79. The molecule has 29 heavy (non-hydrogen) atoms. The van der Waals surface area contributed by atoms with Crippen molar-refractivity contribution in [2.24, 2.45) is 0 Å². The van der Waals surface area contributed by atoms with Crippen molar-refractivity contribution in [3.63, 3.8) is 0 Å². The number of allylic oxidation sites excluding steroid dienone is 10. The van der Waals surface area contributed by atoms with Crippen LogP contribution < -0.4 is 0 Å². The molecule has 0 fully saturated rings. The van der Waals surface area contributed by atoms with Crippen molar-refractivity contribution in [3.8, 4) is 0 Å². The molecule has 0 amide bonds. The lowest BCUT2D eigenvalue weighted by Gasteiger charge is -2.19. The molecule has 0 radical (unpaired) electrons. The van der Waals surface area contributed by atoms with Crippen molar-refractivity contribution in [1.82, 2.24) is 0 Å². The molecule has 0 saturated carbocycles. The van der Waals surface area contributed by atoms with Crippen molar-refractivity contribution in [2.75, 3.05) is 14.1 Å². The van der Waals surface area contributed by atoms with Gasteiger partial charge in [0.1, 0.15) is 25.6 Å². The summed E-state index contributed by atoms with van der Waals surface area (Å²) in [6.45, 7) is 0. The van der Waals surface area contributed by atoms with Gasteiger partial charge in [0, 0.05) is 23.3 Å². The molecule has 0 N–H and O–H groups in total. The number of benzene rings is 2. The second-order valence-corrected chi connectivity index (χ2v) is 7.17. The van der Waals surface area contributed by atoms with E-state index in [4.69, 9.17) is 4.74 Å². The first-order valence-electron chi connectivity index (χ1n) is 9.73. The van der Waals surface area contributed by atoms with Crippen molar-refractivity contribution < 1.29 is 9.31 Å². The summed E-state index contributed by atoms with van der Waals surface area (Å²) in [4.78, 5) is 0. The summed E-state index contributed by atoms with van der Waals surface area (Å²) in [5, 5.41) is 0. The summed E-state index contributed by atoms with van der Waals surface area (Å²) in [5.41, 5.74) is 5.59. The van der Waals surface area contributed by atoms with Gasteiger partial charge in [-0.05, 0) is 35.5 Å². The van der Waals surface area contributed by atoms with E-state index in [1.165, 1.54) is 11.3 Å². The molecular weight excluding hydrogens is 354 g/mol. The Morgan fingerprint density at radius 3 is 1.59 bits per heavy atom. The zero-order valence-electron chi connectivity index (χ0n) is 16.7. The molecule has 2 aromatic carbocycles. The summed E-state index contributed by atoms with van der Waals surface area (Å²) in [7, 11) is 4.10. The topological polar surface area (TPSA) is 12.2 Å². The number of nitrogens with zero attached hydrogens (tertiary/aromatic N) is 1. The lowest BCUT2D eigenvalue weighted by molar-refractivity contribution is -0.462. The van der Waals surface area contributed by atoms with Crippen LogP contribution in [-0.2, 0) is 4.74 Å². The Balaban J connectivity index is 1.69. The van der Waals surface area contributed by atoms with Crippen LogP contribution in [0.3, 0.4) is 0 Å². The SMILES string of the molecule is C[N+](C)=C1C=CC(=CC=C2C=C(c3ccccc3)OC(c3ccccc3)=C2)C=C1. The molecule has 2 aliphatic rings. The molecule has 0 spiro atoms. The second-order valence-electron chi connectivity index (χ2n) is 7.17. The molecule has 0 atom stereocenters. The average molecular weight is 378 g/mol. The van der Waals surface area contributed by atoms with Crippen molar-refractivity contribution in [2.45, 2.75) is 0 Å². The summed E-state index contributed by atoms with van der Waals surface area (Å²) in [6, 6.07) is 20.4. The fourth-order valence-corrected chi connectivity index (χ4v) is 3.18. The molecule has 1 aliphatic carbocycles. The summed E-state index contributed by atoms with van der Waals surface area (Å²) < 4.78 is 8.35. The van der Waals surface area contributed by atoms with E-state index in [2.05, 4.69) is 91.5 Å². The third kappa shape index (κ3) is 4.61. The number of hydrogen-bond donors (Lipinski definition) is 0. The van der Waals surface area contributed by atoms with Crippen LogP contribution in [-0.4, -0.2) is 24.4 Å². The van der Waals surface area contributed by atoms with Gasteiger partial charge in [-0.2, -0.15) is 0 Å². The molecule has 0 aromatic heterocycles. The molecule has 0 saturated heterocycles. The van der Waals surface area contributed by atoms with Gasteiger partial charge in [-0.3, -0.25) is 0 Å². The Labute approximate surface area is 172 Å². The van der Waals surface area contributed by atoms with Crippen LogP contribution in [0.4, 0.5) is 0 Å². The van der Waals surface area contributed by atoms with Crippen LogP contribution in [0.5, 0.6) is 0 Å². The van der Waals surface area contributed by atoms with E-state index in [-0.39, 0.29) is 0 Å². The van der Waals surface area contributed by atoms with E-state index < -0.39 is 0 Å². The van der Waals surface area contributed by atoms with Gasteiger partial charge in [0.05, 0.1) is 0 Å². The molecule has 142 valence electrons. The first-order valence-corrected chi connectivity index (χ1v) is 9.73. The quantitative estimate of drug-likeness (QED) is 0.616. The summed E-state index contributed by atoms with van der Waals surface area (Å²) in [6.07, 6.45) is 17.0. The van der Waals surface area contributed by atoms with Crippen LogP contribution in [0.2, 0.25) is 0 Å². The van der Waals surface area contributed by atoms with E-state index in [9.17, 15) is 0 Å². The van der Waals surface area contributed by atoms with Gasteiger partial charge >= 0.3 is 0 Å². The standard InChI is InChI=1S/C27H24NO/c1-28(2)25-17-15-21(16-18-25)13-14-22-19-26(23-9-5-3-6-10-23)29-27(20-22)24-11-7-4-8-12-24/h3-20H,1-2H3/q+1. The first-order chi connectivity index (χ1) is 14.2. The van der Waals surface area contributed by atoms with E-state index in [1.807, 2.05) is 36.4 Å². The third-order valence-corrected chi connectivity index (χ3v) is 4.81. The number of rotatable bonds is 3. The molecule has 0 bridgehead atoms. The van der Waals surface area contributed by atoms with Crippen molar-refractivity contribution >= 4 is 17.2 Å². The Bertz CT molecular complexity index is 1030. The van der Waals surface area contributed by atoms with Gasteiger partial charge in [0.2, 0.25) is 0 Å². The average Bonchev–Trinajstić information content (AvgIpc) is 2.79. The third-order valence-electron chi connectivity index (χ3n) is 4.81. The van der Waals surface area contributed by atoms with Crippen LogP contribution in [0.15, 0.2) is 120 Å².